The van der Waals surface area contributed by atoms with Gasteiger partial charge in [-0.05, 0) is 0 Å². The highest BCUT2D eigenvalue weighted by molar-refractivity contribution is 7.13. The molecule has 1 aromatic rings. The molecular formula is C6H4Cl2N2O2S. The van der Waals surface area contributed by atoms with E-state index >= 15 is 0 Å². The van der Waals surface area contributed by atoms with Crippen molar-refractivity contribution in [2.24, 2.45) is 0 Å². The number of nitrogens with two attached hydrogens (primary N) is 1. The van der Waals surface area contributed by atoms with Gasteiger partial charge in [0.2, 0.25) is 0 Å². The van der Waals surface area contributed by atoms with Crippen molar-refractivity contribution in [1.29, 1.82) is 0 Å². The monoisotopic (exact) mass is 238 g/mol. The van der Waals surface area contributed by atoms with E-state index in [2.05, 4.69) is 4.98 Å². The summed E-state index contributed by atoms with van der Waals surface area (Å²) in [6.07, 6.45) is 0. The summed E-state index contributed by atoms with van der Waals surface area (Å²) >= 11 is 11.9. The van der Waals surface area contributed by atoms with Gasteiger partial charge in [-0.15, -0.1) is 11.3 Å². The first-order valence-corrected chi connectivity index (χ1v) is 4.66. The standard InChI is InChI=1S/C6H4Cl2N2O2S/c7-4(8)3(5(11)12)2-1-13-6(9)10-2/h1H,(H2,9,10)(H,11,12). The number of nitrogen functional groups attached to an aromatic ring is 1. The van der Waals surface area contributed by atoms with E-state index in [1.165, 1.54) is 5.38 Å². The van der Waals surface area contributed by atoms with Crippen molar-refractivity contribution in [1.82, 2.24) is 4.98 Å². The molecule has 4 nitrogen and oxygen atoms in total. The van der Waals surface area contributed by atoms with Crippen molar-refractivity contribution in [3.63, 3.8) is 0 Å². The molecule has 1 aromatic heterocycles. The lowest BCUT2D eigenvalue weighted by molar-refractivity contribution is -0.130. The first-order valence-electron chi connectivity index (χ1n) is 3.02. The summed E-state index contributed by atoms with van der Waals surface area (Å²) in [6.45, 7) is 0. The number of aliphatic carboxylic acids is 1. The molecular weight excluding hydrogens is 235 g/mol. The molecule has 0 aromatic carbocycles. The van der Waals surface area contributed by atoms with Crippen LogP contribution >= 0.6 is 34.5 Å². The maximum absolute atomic E-state index is 10.6. The van der Waals surface area contributed by atoms with Gasteiger partial charge in [0.25, 0.3) is 0 Å². The topological polar surface area (TPSA) is 76.2 Å². The fourth-order valence-corrected chi connectivity index (χ4v) is 1.60. The van der Waals surface area contributed by atoms with Crippen molar-refractivity contribution in [2.45, 2.75) is 0 Å². The highest BCUT2D eigenvalue weighted by Gasteiger charge is 2.17. The molecule has 0 saturated heterocycles. The number of halogens is 2. The molecule has 0 unspecified atom stereocenters. The normalized spacial score (nSPS) is 9.69. The average Bonchev–Trinajstić information content (AvgIpc) is 2.34. The Kier molecular flexibility index (Phi) is 3.13. The van der Waals surface area contributed by atoms with Crippen LogP contribution in [-0.2, 0) is 4.79 Å². The van der Waals surface area contributed by atoms with Crippen LogP contribution in [0.15, 0.2) is 9.87 Å². The third-order valence-electron chi connectivity index (χ3n) is 1.18. The molecule has 70 valence electrons. The van der Waals surface area contributed by atoms with Crippen LogP contribution < -0.4 is 5.73 Å². The number of hydrogen-bond acceptors (Lipinski definition) is 4. The Balaban J connectivity index is 3.19. The number of carboxylic acids is 1. The lowest BCUT2D eigenvalue weighted by Crippen LogP contribution is -2.00. The summed E-state index contributed by atoms with van der Waals surface area (Å²) < 4.78 is -0.335. The Hall–Kier alpha value is -0.780. The molecule has 13 heavy (non-hydrogen) atoms. The Labute approximate surface area is 87.6 Å². The maximum atomic E-state index is 10.6. The summed E-state index contributed by atoms with van der Waals surface area (Å²) in [5.74, 6) is -1.23. The molecule has 0 atom stereocenters. The molecule has 0 saturated carbocycles. The van der Waals surface area contributed by atoms with Gasteiger partial charge in [-0.25, -0.2) is 9.78 Å². The van der Waals surface area contributed by atoms with Crippen LogP contribution in [0.5, 0.6) is 0 Å². The van der Waals surface area contributed by atoms with Crippen molar-refractivity contribution >= 4 is 51.2 Å². The predicted molar refractivity (Wildman–Crippen MR) is 52.8 cm³/mol. The van der Waals surface area contributed by atoms with Crippen LogP contribution in [-0.4, -0.2) is 16.1 Å². The van der Waals surface area contributed by atoms with E-state index in [-0.39, 0.29) is 20.9 Å². The highest BCUT2D eigenvalue weighted by Crippen LogP contribution is 2.26. The van der Waals surface area contributed by atoms with Gasteiger partial charge in [-0.2, -0.15) is 0 Å². The largest absolute Gasteiger partial charge is 0.478 e. The van der Waals surface area contributed by atoms with E-state index in [1.807, 2.05) is 0 Å². The van der Waals surface area contributed by atoms with E-state index in [9.17, 15) is 4.79 Å². The molecule has 0 aliphatic heterocycles. The molecule has 0 bridgehead atoms. The summed E-state index contributed by atoms with van der Waals surface area (Å²) in [6, 6.07) is 0. The summed E-state index contributed by atoms with van der Waals surface area (Å²) in [4.78, 5) is 14.4. The zero-order valence-corrected chi connectivity index (χ0v) is 8.45. The minimum Gasteiger partial charge on any atom is -0.478 e. The molecule has 0 aliphatic carbocycles. The van der Waals surface area contributed by atoms with Gasteiger partial charge in [0, 0.05) is 5.38 Å². The predicted octanol–water partition coefficient (Wildman–Crippen LogP) is 1.96. The van der Waals surface area contributed by atoms with Crippen LogP contribution in [0.25, 0.3) is 5.57 Å². The van der Waals surface area contributed by atoms with Crippen LogP contribution in [0.1, 0.15) is 5.69 Å². The Morgan fingerprint density at radius 3 is 2.54 bits per heavy atom. The minimum atomic E-state index is -1.23. The van der Waals surface area contributed by atoms with Crippen molar-refractivity contribution in [3.8, 4) is 0 Å². The van der Waals surface area contributed by atoms with Crippen molar-refractivity contribution < 1.29 is 9.90 Å². The first-order chi connectivity index (χ1) is 6.02. The van der Waals surface area contributed by atoms with Gasteiger partial charge >= 0.3 is 5.97 Å². The quantitative estimate of drug-likeness (QED) is 0.773. The van der Waals surface area contributed by atoms with E-state index in [1.54, 1.807) is 0 Å². The highest BCUT2D eigenvalue weighted by atomic mass is 35.5. The van der Waals surface area contributed by atoms with Gasteiger partial charge in [0.1, 0.15) is 10.1 Å². The third-order valence-corrected chi connectivity index (χ3v) is 2.23. The molecule has 7 heteroatoms. The molecule has 1 rings (SSSR count). The number of nitrogens with zero attached hydrogens (tertiary/aromatic N) is 1. The van der Waals surface area contributed by atoms with Gasteiger partial charge in [0.05, 0.1) is 5.69 Å². The van der Waals surface area contributed by atoms with E-state index in [0.29, 0.717) is 0 Å². The average molecular weight is 239 g/mol. The number of thiazole rings is 1. The number of aromatic nitrogens is 1. The summed E-state index contributed by atoms with van der Waals surface area (Å²) in [7, 11) is 0. The second kappa shape index (κ2) is 3.95. The van der Waals surface area contributed by atoms with Gasteiger partial charge in [-0.1, -0.05) is 23.2 Å². The fourth-order valence-electron chi connectivity index (χ4n) is 0.690. The maximum Gasteiger partial charge on any atom is 0.340 e. The SMILES string of the molecule is Nc1nc(C(C(=O)O)=C(Cl)Cl)cs1. The first kappa shape index (κ1) is 10.3. The van der Waals surface area contributed by atoms with E-state index in [0.717, 1.165) is 11.3 Å². The van der Waals surface area contributed by atoms with Gasteiger partial charge in [0.15, 0.2) is 5.13 Å². The number of anilines is 1. The smallest absolute Gasteiger partial charge is 0.340 e. The van der Waals surface area contributed by atoms with Crippen molar-refractivity contribution in [2.75, 3.05) is 5.73 Å². The second-order valence-electron chi connectivity index (χ2n) is 2.01. The molecule has 0 aliphatic rings. The fraction of sp³-hybridized carbons (Fsp3) is 0. The number of rotatable bonds is 2. The van der Waals surface area contributed by atoms with Crippen molar-refractivity contribution in [3.05, 3.63) is 15.6 Å². The summed E-state index contributed by atoms with van der Waals surface area (Å²) in [5, 5.41) is 10.4. The van der Waals surface area contributed by atoms with Crippen LogP contribution in [0.4, 0.5) is 5.13 Å². The molecule has 0 spiro atoms. The second-order valence-corrected chi connectivity index (χ2v) is 3.85. The lowest BCUT2D eigenvalue weighted by Gasteiger charge is -1.96. The molecule has 0 fully saturated rings. The molecule has 0 amide bonds. The number of carboxylic acid groups (broad SMARTS) is 1. The van der Waals surface area contributed by atoms with Crippen LogP contribution in [0, 0.1) is 0 Å². The van der Waals surface area contributed by atoms with E-state index < -0.39 is 5.97 Å². The zero-order chi connectivity index (χ0) is 10.0. The van der Waals surface area contributed by atoms with Crippen LogP contribution in [0.2, 0.25) is 0 Å². The Morgan fingerprint density at radius 2 is 2.23 bits per heavy atom. The lowest BCUT2D eigenvalue weighted by atomic mass is 10.2. The Morgan fingerprint density at radius 1 is 1.62 bits per heavy atom. The number of hydrogen-bond donors (Lipinski definition) is 2. The molecule has 3 N–H and O–H groups in total. The van der Waals surface area contributed by atoms with Gasteiger partial charge in [-0.3, -0.25) is 0 Å². The molecule has 1 heterocycles. The third kappa shape index (κ3) is 2.33. The number of carbonyl (C=O) groups is 1. The van der Waals surface area contributed by atoms with Crippen LogP contribution in [0.3, 0.4) is 0 Å². The van der Waals surface area contributed by atoms with E-state index in [4.69, 9.17) is 34.0 Å². The zero-order valence-electron chi connectivity index (χ0n) is 6.12. The molecule has 0 radical (unpaired) electrons. The van der Waals surface area contributed by atoms with Gasteiger partial charge < -0.3 is 10.8 Å². The summed E-state index contributed by atoms with van der Waals surface area (Å²) in [5.41, 5.74) is 5.26. The Bertz CT molecular complexity index is 370. The minimum absolute atomic E-state index is 0.176.